The van der Waals surface area contributed by atoms with Crippen molar-refractivity contribution in [3.05, 3.63) is 28.9 Å². The minimum atomic E-state index is -0.773. The molecule has 1 aromatic heterocycles. The summed E-state index contributed by atoms with van der Waals surface area (Å²) in [4.78, 5) is 0. The van der Waals surface area contributed by atoms with Crippen LogP contribution < -0.4 is 0 Å². The molecule has 1 saturated carbocycles. The number of hydrogen-bond donors (Lipinski definition) is 2. The molecule has 20 heavy (non-hydrogen) atoms. The van der Waals surface area contributed by atoms with Gasteiger partial charge in [0.2, 0.25) is 0 Å². The highest BCUT2D eigenvalue weighted by molar-refractivity contribution is 6.31. The Labute approximate surface area is 122 Å². The number of halogens is 1. The summed E-state index contributed by atoms with van der Waals surface area (Å²) in [5.74, 6) is 0. The molecule has 2 aromatic rings. The lowest BCUT2D eigenvalue weighted by molar-refractivity contribution is -0.168. The summed E-state index contributed by atoms with van der Waals surface area (Å²) in [5.41, 5.74) is 1.27. The molecule has 0 amide bonds. The molecule has 2 N–H and O–H groups in total. The average Bonchev–Trinajstić information content (AvgIpc) is 2.85. The zero-order chi connectivity index (χ0) is 13.8. The predicted octanol–water partition coefficient (Wildman–Crippen LogP) is 2.99. The number of hydrogen-bond acceptors (Lipinski definition) is 3. The molecule has 2 aliphatic rings. The van der Waals surface area contributed by atoms with Gasteiger partial charge in [0, 0.05) is 23.6 Å². The molecule has 4 nitrogen and oxygen atoms in total. The summed E-state index contributed by atoms with van der Waals surface area (Å²) >= 11 is 6.17. The number of aromatic amines is 1. The fraction of sp³-hybridized carbons (Fsp3) is 0.533. The molecular formula is C15H17ClN2O2. The quantitative estimate of drug-likeness (QED) is 0.849. The fourth-order valence-electron chi connectivity index (χ4n) is 3.94. The van der Waals surface area contributed by atoms with Crippen molar-refractivity contribution in [1.29, 1.82) is 0 Å². The van der Waals surface area contributed by atoms with Crippen molar-refractivity contribution < 1.29 is 9.84 Å². The molecule has 1 aliphatic carbocycles. The van der Waals surface area contributed by atoms with E-state index in [1.807, 2.05) is 12.1 Å². The molecular weight excluding hydrogens is 276 g/mol. The number of aliphatic hydroxyl groups is 1. The van der Waals surface area contributed by atoms with Crippen LogP contribution in [0.25, 0.3) is 10.9 Å². The van der Waals surface area contributed by atoms with Crippen molar-refractivity contribution in [2.24, 2.45) is 5.41 Å². The van der Waals surface area contributed by atoms with Gasteiger partial charge < -0.3 is 9.84 Å². The Morgan fingerprint density at radius 1 is 1.25 bits per heavy atom. The monoisotopic (exact) mass is 292 g/mol. The van der Waals surface area contributed by atoms with Crippen molar-refractivity contribution in [1.82, 2.24) is 10.2 Å². The van der Waals surface area contributed by atoms with Gasteiger partial charge in [-0.15, -0.1) is 0 Å². The minimum Gasteiger partial charge on any atom is -0.385 e. The Bertz CT molecular complexity index is 653. The first-order valence-corrected chi connectivity index (χ1v) is 7.41. The van der Waals surface area contributed by atoms with Gasteiger partial charge in [0.15, 0.2) is 0 Å². The predicted molar refractivity (Wildman–Crippen MR) is 76.7 cm³/mol. The summed E-state index contributed by atoms with van der Waals surface area (Å²) in [6.07, 6.45) is 5.46. The molecule has 1 aliphatic heterocycles. The number of H-pyrrole nitrogens is 1. The Morgan fingerprint density at radius 2 is 2.00 bits per heavy atom. The van der Waals surface area contributed by atoms with E-state index in [2.05, 4.69) is 10.2 Å². The van der Waals surface area contributed by atoms with Crippen LogP contribution in [-0.4, -0.2) is 28.5 Å². The first-order valence-electron chi connectivity index (χ1n) is 7.04. The van der Waals surface area contributed by atoms with Crippen molar-refractivity contribution in [3.8, 4) is 0 Å². The Balaban J connectivity index is 1.71. The second-order valence-electron chi connectivity index (χ2n) is 6.28. The number of ether oxygens (including phenoxy) is 1. The molecule has 1 aromatic carbocycles. The van der Waals surface area contributed by atoms with E-state index in [4.69, 9.17) is 16.3 Å². The highest BCUT2D eigenvalue weighted by Crippen LogP contribution is 2.59. The zero-order valence-electron chi connectivity index (χ0n) is 11.2. The number of nitrogens with zero attached hydrogens (tertiary/aromatic N) is 1. The fourth-order valence-corrected chi connectivity index (χ4v) is 4.16. The van der Waals surface area contributed by atoms with Crippen molar-refractivity contribution in [2.45, 2.75) is 31.3 Å². The van der Waals surface area contributed by atoms with E-state index in [-0.39, 0.29) is 5.41 Å². The molecule has 0 radical (unpaired) electrons. The number of aromatic nitrogens is 2. The lowest BCUT2D eigenvalue weighted by Gasteiger charge is -2.55. The maximum atomic E-state index is 11.0. The first kappa shape index (κ1) is 12.6. The van der Waals surface area contributed by atoms with E-state index < -0.39 is 5.60 Å². The Morgan fingerprint density at radius 3 is 2.75 bits per heavy atom. The summed E-state index contributed by atoms with van der Waals surface area (Å²) in [5, 5.41) is 19.6. The third-order valence-corrected chi connectivity index (χ3v) is 5.13. The van der Waals surface area contributed by atoms with E-state index in [0.717, 1.165) is 55.4 Å². The molecule has 4 rings (SSSR count). The van der Waals surface area contributed by atoms with Gasteiger partial charge in [-0.2, -0.15) is 5.10 Å². The topological polar surface area (TPSA) is 58.1 Å². The van der Waals surface area contributed by atoms with E-state index in [9.17, 15) is 5.11 Å². The van der Waals surface area contributed by atoms with Crippen molar-refractivity contribution in [2.75, 3.05) is 13.2 Å². The van der Waals surface area contributed by atoms with Crippen LogP contribution in [-0.2, 0) is 10.3 Å². The van der Waals surface area contributed by atoms with Gasteiger partial charge in [0.1, 0.15) is 0 Å². The maximum absolute atomic E-state index is 11.0. The maximum Gasteiger partial charge on any atom is 0.0914 e. The molecule has 1 spiro atoms. The first-order chi connectivity index (χ1) is 9.60. The zero-order valence-corrected chi connectivity index (χ0v) is 11.9. The van der Waals surface area contributed by atoms with Crippen LogP contribution in [0, 0.1) is 5.41 Å². The SMILES string of the molecule is OC1(c2cc(Cl)cc3[nH]ncc23)CC2(CCOCC2)C1. The van der Waals surface area contributed by atoms with Gasteiger partial charge in [0.25, 0.3) is 0 Å². The molecule has 0 bridgehead atoms. The molecule has 5 heteroatoms. The second kappa shape index (κ2) is 4.20. The van der Waals surface area contributed by atoms with Crippen LogP contribution in [0.15, 0.2) is 18.3 Å². The van der Waals surface area contributed by atoms with Crippen LogP contribution in [0.3, 0.4) is 0 Å². The van der Waals surface area contributed by atoms with E-state index in [1.165, 1.54) is 0 Å². The normalized spacial score (nSPS) is 23.9. The van der Waals surface area contributed by atoms with Crippen molar-refractivity contribution in [3.63, 3.8) is 0 Å². The van der Waals surface area contributed by atoms with Crippen LogP contribution in [0.2, 0.25) is 5.02 Å². The molecule has 106 valence electrons. The van der Waals surface area contributed by atoms with Gasteiger partial charge >= 0.3 is 0 Å². The molecule has 2 fully saturated rings. The van der Waals surface area contributed by atoms with Crippen LogP contribution in [0.5, 0.6) is 0 Å². The molecule has 0 unspecified atom stereocenters. The number of rotatable bonds is 1. The molecule has 0 atom stereocenters. The molecule has 2 heterocycles. The average molecular weight is 293 g/mol. The number of nitrogens with one attached hydrogen (secondary N) is 1. The standard InChI is InChI=1S/C15H17ClN2O2/c16-10-5-12(11-7-17-18-13(11)6-10)15(19)8-14(9-15)1-3-20-4-2-14/h5-7,19H,1-4,8-9H2,(H,17,18). The summed E-state index contributed by atoms with van der Waals surface area (Å²) in [6.45, 7) is 1.62. The lowest BCUT2D eigenvalue weighted by Crippen LogP contribution is -2.52. The van der Waals surface area contributed by atoms with Crippen molar-refractivity contribution >= 4 is 22.5 Å². The summed E-state index contributed by atoms with van der Waals surface area (Å²) < 4.78 is 5.43. The van der Waals surface area contributed by atoms with Gasteiger partial charge in [-0.3, -0.25) is 5.10 Å². The van der Waals surface area contributed by atoms with Crippen LogP contribution >= 0.6 is 11.6 Å². The summed E-state index contributed by atoms with van der Waals surface area (Å²) in [6, 6.07) is 3.73. The largest absolute Gasteiger partial charge is 0.385 e. The highest BCUT2D eigenvalue weighted by atomic mass is 35.5. The summed E-state index contributed by atoms with van der Waals surface area (Å²) in [7, 11) is 0. The Hall–Kier alpha value is -1.10. The van der Waals surface area contributed by atoms with Crippen LogP contribution in [0.1, 0.15) is 31.2 Å². The van der Waals surface area contributed by atoms with Gasteiger partial charge in [-0.25, -0.2) is 0 Å². The Kier molecular flexibility index (Phi) is 2.65. The van der Waals surface area contributed by atoms with E-state index >= 15 is 0 Å². The van der Waals surface area contributed by atoms with Gasteiger partial charge in [-0.1, -0.05) is 11.6 Å². The van der Waals surface area contributed by atoms with E-state index in [0.29, 0.717) is 5.02 Å². The van der Waals surface area contributed by atoms with Gasteiger partial charge in [0.05, 0.1) is 17.3 Å². The van der Waals surface area contributed by atoms with E-state index in [1.54, 1.807) is 6.20 Å². The molecule has 1 saturated heterocycles. The third kappa shape index (κ3) is 1.79. The van der Waals surface area contributed by atoms with Crippen LogP contribution in [0.4, 0.5) is 0 Å². The highest BCUT2D eigenvalue weighted by Gasteiger charge is 2.55. The second-order valence-corrected chi connectivity index (χ2v) is 6.72. The minimum absolute atomic E-state index is 0.255. The smallest absolute Gasteiger partial charge is 0.0914 e. The van der Waals surface area contributed by atoms with Gasteiger partial charge in [-0.05, 0) is 48.8 Å². The number of benzene rings is 1. The number of fused-ring (bicyclic) bond motifs is 1. The lowest BCUT2D eigenvalue weighted by atomic mass is 9.53. The third-order valence-electron chi connectivity index (χ3n) is 4.91.